The summed E-state index contributed by atoms with van der Waals surface area (Å²) < 4.78 is 32.5. The van der Waals surface area contributed by atoms with Gasteiger partial charge in [-0.2, -0.15) is 0 Å². The van der Waals surface area contributed by atoms with Crippen molar-refractivity contribution in [3.63, 3.8) is 0 Å². The molecule has 1 N–H and O–H groups in total. The minimum atomic E-state index is -0.839. The Morgan fingerprint density at radius 1 is 1.00 bits per heavy atom. The quantitative estimate of drug-likeness (QED) is 0.496. The second-order valence-corrected chi connectivity index (χ2v) is 7.25. The summed E-state index contributed by atoms with van der Waals surface area (Å²) in [6.07, 6.45) is 2.39. The van der Waals surface area contributed by atoms with E-state index in [1.165, 1.54) is 18.2 Å². The summed E-state index contributed by atoms with van der Waals surface area (Å²) in [4.78, 5) is 12.1. The fourth-order valence-electron chi connectivity index (χ4n) is 3.65. The highest BCUT2D eigenvalue weighted by atomic mass is 35.5. The van der Waals surface area contributed by atoms with Crippen molar-refractivity contribution in [3.05, 3.63) is 100 Å². The predicted octanol–water partition coefficient (Wildman–Crippen LogP) is 6.17. The molecule has 0 atom stereocenters. The molecule has 0 radical (unpaired) electrons. The summed E-state index contributed by atoms with van der Waals surface area (Å²) in [6, 6.07) is 18.5. The van der Waals surface area contributed by atoms with Crippen LogP contribution in [0.25, 0.3) is 17.2 Å². The number of hydrogen-bond acceptors (Lipinski definition) is 2. The van der Waals surface area contributed by atoms with Crippen molar-refractivity contribution in [1.29, 1.82) is 0 Å². The number of carbonyl (C=O) groups excluding carboxylic acids is 1. The second-order valence-electron chi connectivity index (χ2n) is 6.87. The van der Waals surface area contributed by atoms with E-state index in [9.17, 15) is 13.6 Å². The van der Waals surface area contributed by atoms with Gasteiger partial charge >= 0.3 is 6.09 Å². The number of fused-ring (bicyclic) bond motifs is 3. The number of carbonyl (C=O) groups is 1. The van der Waals surface area contributed by atoms with Crippen molar-refractivity contribution in [3.8, 4) is 11.1 Å². The molecule has 3 nitrogen and oxygen atoms in total. The van der Waals surface area contributed by atoms with E-state index in [1.54, 1.807) is 0 Å². The number of benzene rings is 3. The van der Waals surface area contributed by atoms with Gasteiger partial charge in [0.25, 0.3) is 0 Å². The van der Waals surface area contributed by atoms with Crippen LogP contribution in [0, 0.1) is 11.6 Å². The number of nitrogens with one attached hydrogen (secondary N) is 1. The van der Waals surface area contributed by atoms with Crippen molar-refractivity contribution in [2.24, 2.45) is 0 Å². The predicted molar refractivity (Wildman–Crippen MR) is 113 cm³/mol. The van der Waals surface area contributed by atoms with Crippen molar-refractivity contribution in [2.75, 3.05) is 13.2 Å². The third kappa shape index (κ3) is 3.94. The van der Waals surface area contributed by atoms with Crippen molar-refractivity contribution < 1.29 is 18.3 Å². The molecule has 4 rings (SSSR count). The summed E-state index contributed by atoms with van der Waals surface area (Å²) in [7, 11) is 0. The zero-order chi connectivity index (χ0) is 21.1. The van der Waals surface area contributed by atoms with Gasteiger partial charge in [-0.25, -0.2) is 13.6 Å². The molecule has 1 aliphatic carbocycles. The molecule has 0 saturated carbocycles. The van der Waals surface area contributed by atoms with E-state index in [-0.39, 0.29) is 24.6 Å². The Morgan fingerprint density at radius 2 is 1.63 bits per heavy atom. The molecule has 1 aliphatic rings. The number of halogens is 3. The highest BCUT2D eigenvalue weighted by molar-refractivity contribution is 6.31. The monoisotopic (exact) mass is 425 g/mol. The Hall–Kier alpha value is -3.18. The maximum Gasteiger partial charge on any atom is 0.407 e. The van der Waals surface area contributed by atoms with Gasteiger partial charge in [-0.15, -0.1) is 0 Å². The Balaban J connectivity index is 1.34. The summed E-state index contributed by atoms with van der Waals surface area (Å²) in [5.41, 5.74) is 4.72. The molecule has 3 aromatic carbocycles. The molecule has 0 fully saturated rings. The van der Waals surface area contributed by atoms with Gasteiger partial charge in [0.2, 0.25) is 0 Å². The zero-order valence-electron chi connectivity index (χ0n) is 15.9. The summed E-state index contributed by atoms with van der Waals surface area (Å²) in [5, 5.41) is 2.04. The van der Waals surface area contributed by atoms with Crippen molar-refractivity contribution in [2.45, 2.75) is 5.92 Å². The van der Waals surface area contributed by atoms with Gasteiger partial charge in [0, 0.05) is 18.0 Å². The molecule has 6 heteroatoms. The highest BCUT2D eigenvalue weighted by Gasteiger charge is 2.28. The number of ether oxygens (including phenoxy) is 1. The van der Waals surface area contributed by atoms with Gasteiger partial charge in [0.05, 0.1) is 0 Å². The van der Waals surface area contributed by atoms with E-state index >= 15 is 0 Å². The number of rotatable bonds is 5. The first kappa shape index (κ1) is 20.1. The lowest BCUT2D eigenvalue weighted by atomic mass is 9.98. The number of amides is 1. The lowest BCUT2D eigenvalue weighted by Crippen LogP contribution is -2.26. The normalized spacial score (nSPS) is 12.6. The summed E-state index contributed by atoms with van der Waals surface area (Å²) in [6.45, 7) is 0.344. The Morgan fingerprint density at radius 3 is 2.30 bits per heavy atom. The van der Waals surface area contributed by atoms with E-state index < -0.39 is 22.8 Å². The lowest BCUT2D eigenvalue weighted by molar-refractivity contribution is 0.144. The molecule has 0 heterocycles. The number of alkyl carbamates (subject to hydrolysis) is 1. The van der Waals surface area contributed by atoms with Crippen LogP contribution in [0.2, 0.25) is 5.02 Å². The molecular formula is C24H18ClF2NO2. The van der Waals surface area contributed by atoms with Crippen LogP contribution in [0.3, 0.4) is 0 Å². The Bertz CT molecular complexity index is 1080. The van der Waals surface area contributed by atoms with Crippen LogP contribution in [0.15, 0.2) is 66.7 Å². The fraction of sp³-hybridized carbons (Fsp3) is 0.125. The van der Waals surface area contributed by atoms with Crippen LogP contribution in [0.4, 0.5) is 13.6 Å². The molecule has 152 valence electrons. The van der Waals surface area contributed by atoms with Gasteiger partial charge in [-0.05, 0) is 34.4 Å². The maximum absolute atomic E-state index is 13.8. The van der Waals surface area contributed by atoms with Gasteiger partial charge in [0.1, 0.15) is 17.4 Å². The zero-order valence-corrected chi connectivity index (χ0v) is 16.6. The first-order valence-corrected chi connectivity index (χ1v) is 9.83. The van der Waals surface area contributed by atoms with Gasteiger partial charge in [-0.3, -0.25) is 0 Å². The van der Waals surface area contributed by atoms with E-state index in [4.69, 9.17) is 16.3 Å². The summed E-state index contributed by atoms with van der Waals surface area (Å²) in [5.74, 6) is -1.67. The molecule has 0 aliphatic heterocycles. The van der Waals surface area contributed by atoms with Gasteiger partial charge in [0.15, 0.2) is 5.82 Å². The molecule has 3 aromatic rings. The maximum atomic E-state index is 13.8. The fourth-order valence-corrected chi connectivity index (χ4v) is 3.82. The van der Waals surface area contributed by atoms with Crippen LogP contribution < -0.4 is 5.32 Å². The van der Waals surface area contributed by atoms with Crippen LogP contribution >= 0.6 is 11.6 Å². The van der Waals surface area contributed by atoms with Crippen LogP contribution in [0.5, 0.6) is 0 Å². The molecule has 0 bridgehead atoms. The van der Waals surface area contributed by atoms with Crippen LogP contribution in [-0.2, 0) is 4.74 Å². The average Bonchev–Trinajstić information content (AvgIpc) is 3.09. The minimum absolute atomic E-state index is 0.0193. The molecule has 30 heavy (non-hydrogen) atoms. The standard InChI is InChI=1S/C24H18ClF2NO2/c25-22-21(26)12-11-15(23(22)27)6-5-13-28-24(29)30-14-20-18-9-3-1-7-16(18)17-8-2-4-10-19(17)20/h1-12,20H,13-14H2,(H,28,29). The molecule has 0 aromatic heterocycles. The molecule has 0 unspecified atom stereocenters. The van der Waals surface area contributed by atoms with Gasteiger partial charge in [-0.1, -0.05) is 72.3 Å². The van der Waals surface area contributed by atoms with Gasteiger partial charge < -0.3 is 10.1 Å². The first-order chi connectivity index (χ1) is 14.6. The third-order valence-electron chi connectivity index (χ3n) is 5.07. The summed E-state index contributed by atoms with van der Waals surface area (Å²) >= 11 is 5.55. The molecule has 0 saturated heterocycles. The lowest BCUT2D eigenvalue weighted by Gasteiger charge is -2.14. The Kier molecular flexibility index (Phi) is 5.81. The highest BCUT2D eigenvalue weighted by Crippen LogP contribution is 2.44. The molecule has 1 amide bonds. The third-order valence-corrected chi connectivity index (χ3v) is 5.42. The van der Waals surface area contributed by atoms with Crippen LogP contribution in [-0.4, -0.2) is 19.2 Å². The van der Waals surface area contributed by atoms with E-state index in [2.05, 4.69) is 17.4 Å². The largest absolute Gasteiger partial charge is 0.449 e. The SMILES string of the molecule is O=C(NCC=Cc1ccc(F)c(Cl)c1F)OCC1c2ccccc2-c2ccccc21. The van der Waals surface area contributed by atoms with Crippen molar-refractivity contribution in [1.82, 2.24) is 5.32 Å². The minimum Gasteiger partial charge on any atom is -0.449 e. The van der Waals surface area contributed by atoms with E-state index in [1.807, 2.05) is 36.4 Å². The van der Waals surface area contributed by atoms with E-state index in [0.717, 1.165) is 28.3 Å². The Labute approximate surface area is 177 Å². The smallest absolute Gasteiger partial charge is 0.407 e. The first-order valence-electron chi connectivity index (χ1n) is 9.45. The molecular weight excluding hydrogens is 408 g/mol. The molecule has 0 spiro atoms. The number of hydrogen-bond donors (Lipinski definition) is 1. The van der Waals surface area contributed by atoms with Crippen LogP contribution in [0.1, 0.15) is 22.6 Å². The topological polar surface area (TPSA) is 38.3 Å². The van der Waals surface area contributed by atoms with E-state index in [0.29, 0.717) is 0 Å². The second kappa shape index (κ2) is 8.67. The average molecular weight is 426 g/mol. The van der Waals surface area contributed by atoms with Crippen molar-refractivity contribution >= 4 is 23.8 Å².